The number of methoxy groups -OCH3 is 2. The topological polar surface area (TPSA) is 85.3 Å². The number of ether oxygens (including phenoxy) is 3. The van der Waals surface area contributed by atoms with Crippen molar-refractivity contribution >= 4 is 23.1 Å². The van der Waals surface area contributed by atoms with Crippen molar-refractivity contribution in [3.8, 4) is 17.2 Å². The largest absolute Gasteiger partial charge is 0.507 e. The zero-order valence-corrected chi connectivity index (χ0v) is 19.9. The molecule has 0 radical (unpaired) electrons. The van der Waals surface area contributed by atoms with Crippen LogP contribution in [0.25, 0.3) is 5.76 Å². The first-order valence-corrected chi connectivity index (χ1v) is 11.3. The van der Waals surface area contributed by atoms with E-state index in [0.29, 0.717) is 40.7 Å². The van der Waals surface area contributed by atoms with Crippen molar-refractivity contribution in [2.75, 3.05) is 25.7 Å². The number of anilines is 1. The number of hydrogen-bond donors (Lipinski definition) is 1. The molecule has 1 heterocycles. The summed E-state index contributed by atoms with van der Waals surface area (Å²) in [6.07, 6.45) is 0.836. The molecule has 180 valence electrons. The molecule has 1 saturated heterocycles. The number of aliphatic hydroxyl groups is 1. The predicted molar refractivity (Wildman–Crippen MR) is 133 cm³/mol. The van der Waals surface area contributed by atoms with Crippen LogP contribution in [-0.4, -0.2) is 37.6 Å². The van der Waals surface area contributed by atoms with E-state index in [1.54, 1.807) is 73.8 Å². The van der Waals surface area contributed by atoms with Crippen LogP contribution in [0.5, 0.6) is 17.2 Å². The smallest absolute Gasteiger partial charge is 0.300 e. The molecule has 1 aliphatic rings. The van der Waals surface area contributed by atoms with Gasteiger partial charge in [0.1, 0.15) is 23.0 Å². The Morgan fingerprint density at radius 2 is 1.66 bits per heavy atom. The van der Waals surface area contributed by atoms with Crippen molar-refractivity contribution in [2.24, 2.45) is 0 Å². The number of carbonyl (C=O) groups is 2. The Morgan fingerprint density at radius 3 is 2.34 bits per heavy atom. The summed E-state index contributed by atoms with van der Waals surface area (Å²) in [5.74, 6) is -0.209. The highest BCUT2D eigenvalue weighted by Gasteiger charge is 2.47. The van der Waals surface area contributed by atoms with Crippen LogP contribution in [0, 0.1) is 0 Å². The van der Waals surface area contributed by atoms with Crippen LogP contribution < -0.4 is 19.1 Å². The van der Waals surface area contributed by atoms with E-state index in [1.807, 2.05) is 13.0 Å². The van der Waals surface area contributed by atoms with Gasteiger partial charge < -0.3 is 19.3 Å². The highest BCUT2D eigenvalue weighted by atomic mass is 16.5. The van der Waals surface area contributed by atoms with Gasteiger partial charge in [0.25, 0.3) is 11.7 Å². The molecule has 1 unspecified atom stereocenters. The molecular weight excluding hydrogens is 446 g/mol. The van der Waals surface area contributed by atoms with Gasteiger partial charge in [-0.15, -0.1) is 0 Å². The minimum absolute atomic E-state index is 0.0250. The highest BCUT2D eigenvalue weighted by molar-refractivity contribution is 6.51. The van der Waals surface area contributed by atoms with E-state index < -0.39 is 17.7 Å². The fourth-order valence-electron chi connectivity index (χ4n) is 4.14. The molecule has 1 fully saturated rings. The number of carbonyl (C=O) groups excluding carboxylic acids is 2. The van der Waals surface area contributed by atoms with E-state index in [1.165, 1.54) is 12.0 Å². The van der Waals surface area contributed by atoms with Crippen LogP contribution >= 0.6 is 0 Å². The maximum atomic E-state index is 13.4. The van der Waals surface area contributed by atoms with Gasteiger partial charge >= 0.3 is 0 Å². The molecule has 0 spiro atoms. The number of benzene rings is 3. The lowest BCUT2D eigenvalue weighted by molar-refractivity contribution is -0.132. The number of ketones is 1. The Morgan fingerprint density at radius 1 is 0.914 bits per heavy atom. The number of amides is 1. The second-order valence-electron chi connectivity index (χ2n) is 7.99. The third-order valence-corrected chi connectivity index (χ3v) is 5.80. The van der Waals surface area contributed by atoms with Crippen molar-refractivity contribution in [2.45, 2.75) is 19.4 Å². The van der Waals surface area contributed by atoms with Crippen LogP contribution in [0.3, 0.4) is 0 Å². The Bertz CT molecular complexity index is 1260. The van der Waals surface area contributed by atoms with Gasteiger partial charge in [-0.05, 0) is 60.5 Å². The summed E-state index contributed by atoms with van der Waals surface area (Å²) in [4.78, 5) is 28.1. The second-order valence-corrected chi connectivity index (χ2v) is 7.99. The number of nitrogens with zero attached hydrogens (tertiary/aromatic N) is 1. The molecule has 7 nitrogen and oxygen atoms in total. The van der Waals surface area contributed by atoms with Gasteiger partial charge in [-0.2, -0.15) is 0 Å². The lowest BCUT2D eigenvalue weighted by Crippen LogP contribution is -2.29. The standard InChI is InChI=1S/C28H27NO6/c1-4-16-35-21-9-7-8-18(17-21)25-24(26(30)22-10-5-6-11-23(22)34-3)27(31)28(32)29(25)19-12-14-20(33-2)15-13-19/h5-15,17,25,30H,4,16H2,1-3H3/b26-24-. The fraction of sp³-hybridized carbons (Fsp3) is 0.214. The Balaban J connectivity index is 1.92. The molecule has 0 saturated carbocycles. The van der Waals surface area contributed by atoms with Crippen LogP contribution in [-0.2, 0) is 9.59 Å². The number of rotatable bonds is 8. The summed E-state index contributed by atoms with van der Waals surface area (Å²) in [5.41, 5.74) is 1.43. The first-order valence-electron chi connectivity index (χ1n) is 11.3. The zero-order chi connectivity index (χ0) is 24.9. The van der Waals surface area contributed by atoms with Gasteiger partial charge in [-0.3, -0.25) is 14.5 Å². The van der Waals surface area contributed by atoms with Gasteiger partial charge in [0.15, 0.2) is 0 Å². The number of hydrogen-bond acceptors (Lipinski definition) is 6. The van der Waals surface area contributed by atoms with E-state index in [9.17, 15) is 14.7 Å². The van der Waals surface area contributed by atoms with E-state index in [2.05, 4.69) is 0 Å². The summed E-state index contributed by atoms with van der Waals surface area (Å²) in [7, 11) is 3.03. The molecule has 3 aromatic carbocycles. The van der Waals surface area contributed by atoms with Gasteiger partial charge in [-0.25, -0.2) is 0 Å². The predicted octanol–water partition coefficient (Wildman–Crippen LogP) is 5.12. The molecule has 0 aliphatic carbocycles. The summed E-state index contributed by atoms with van der Waals surface area (Å²) in [6, 6.07) is 20.0. The van der Waals surface area contributed by atoms with E-state index in [-0.39, 0.29) is 11.3 Å². The maximum absolute atomic E-state index is 13.4. The lowest BCUT2D eigenvalue weighted by Gasteiger charge is -2.26. The Labute approximate surface area is 204 Å². The molecular formula is C28H27NO6. The fourth-order valence-corrected chi connectivity index (χ4v) is 4.14. The van der Waals surface area contributed by atoms with Crippen molar-refractivity contribution < 1.29 is 28.9 Å². The quantitative estimate of drug-likeness (QED) is 0.278. The Hall–Kier alpha value is -4.26. The molecule has 4 rings (SSSR count). The third-order valence-electron chi connectivity index (χ3n) is 5.80. The zero-order valence-electron chi connectivity index (χ0n) is 19.9. The van der Waals surface area contributed by atoms with Crippen LogP contribution in [0.15, 0.2) is 78.4 Å². The molecule has 3 aromatic rings. The minimum Gasteiger partial charge on any atom is -0.507 e. The molecule has 1 atom stereocenters. The van der Waals surface area contributed by atoms with Gasteiger partial charge in [-0.1, -0.05) is 31.2 Å². The average molecular weight is 474 g/mol. The number of aliphatic hydroxyl groups excluding tert-OH is 1. The molecule has 1 N–H and O–H groups in total. The monoisotopic (exact) mass is 473 g/mol. The number of para-hydroxylation sites is 1. The van der Waals surface area contributed by atoms with Crippen LogP contribution in [0.4, 0.5) is 5.69 Å². The SMILES string of the molecule is CCCOc1cccc(C2/C(=C(/O)c3ccccc3OC)C(=O)C(=O)N2c2ccc(OC)cc2)c1. The van der Waals surface area contributed by atoms with Crippen LogP contribution in [0.1, 0.15) is 30.5 Å². The molecule has 0 aromatic heterocycles. The second kappa shape index (κ2) is 10.3. The molecule has 1 aliphatic heterocycles. The van der Waals surface area contributed by atoms with Crippen molar-refractivity contribution in [3.05, 3.63) is 89.5 Å². The lowest BCUT2D eigenvalue weighted by atomic mass is 9.94. The first-order chi connectivity index (χ1) is 17.0. The van der Waals surface area contributed by atoms with Crippen molar-refractivity contribution in [1.82, 2.24) is 0 Å². The molecule has 0 bridgehead atoms. The first kappa shape index (κ1) is 23.9. The number of Topliss-reactive ketones (excluding diaryl/α,β-unsaturated/α-hetero) is 1. The highest BCUT2D eigenvalue weighted by Crippen LogP contribution is 2.44. The summed E-state index contributed by atoms with van der Waals surface area (Å²) in [5, 5.41) is 11.4. The normalized spacial score (nSPS) is 16.9. The maximum Gasteiger partial charge on any atom is 0.300 e. The minimum atomic E-state index is -0.876. The third kappa shape index (κ3) is 4.57. The van der Waals surface area contributed by atoms with E-state index in [0.717, 1.165) is 6.42 Å². The van der Waals surface area contributed by atoms with Gasteiger partial charge in [0.05, 0.1) is 38.0 Å². The van der Waals surface area contributed by atoms with E-state index in [4.69, 9.17) is 14.2 Å². The average Bonchev–Trinajstić information content (AvgIpc) is 3.17. The summed E-state index contributed by atoms with van der Waals surface area (Å²) in [6.45, 7) is 2.54. The molecule has 35 heavy (non-hydrogen) atoms. The van der Waals surface area contributed by atoms with Crippen molar-refractivity contribution in [1.29, 1.82) is 0 Å². The molecule has 1 amide bonds. The van der Waals surface area contributed by atoms with Crippen LogP contribution in [0.2, 0.25) is 0 Å². The van der Waals surface area contributed by atoms with E-state index >= 15 is 0 Å². The molecule has 7 heteroatoms. The summed E-state index contributed by atoms with van der Waals surface area (Å²) >= 11 is 0. The van der Waals surface area contributed by atoms with Gasteiger partial charge in [0, 0.05) is 5.69 Å². The van der Waals surface area contributed by atoms with Crippen molar-refractivity contribution in [3.63, 3.8) is 0 Å². The summed E-state index contributed by atoms with van der Waals surface area (Å²) < 4.78 is 16.4. The Kier molecular flexibility index (Phi) is 7.06. The van der Waals surface area contributed by atoms with Gasteiger partial charge in [0.2, 0.25) is 0 Å².